The highest BCUT2D eigenvalue weighted by Gasteiger charge is 2.34. The van der Waals surface area contributed by atoms with Gasteiger partial charge in [-0.15, -0.1) is 0 Å². The molecular formula is C11H8F3NO6. The highest BCUT2D eigenvalue weighted by atomic mass is 19.2. The van der Waals surface area contributed by atoms with Gasteiger partial charge in [0.2, 0.25) is 6.54 Å². The summed E-state index contributed by atoms with van der Waals surface area (Å²) in [7, 11) is 1.60. The van der Waals surface area contributed by atoms with Gasteiger partial charge < -0.3 is 9.47 Å². The molecule has 7 nitrogen and oxygen atoms in total. The van der Waals surface area contributed by atoms with Crippen LogP contribution < -0.4 is 0 Å². The van der Waals surface area contributed by atoms with Crippen molar-refractivity contribution < 1.29 is 37.2 Å². The van der Waals surface area contributed by atoms with Crippen molar-refractivity contribution in [2.45, 2.75) is 6.54 Å². The molecular weight excluding hydrogens is 299 g/mol. The topological polar surface area (TPSA) is 95.7 Å². The molecule has 1 aromatic rings. The second-order valence-corrected chi connectivity index (χ2v) is 3.64. The Morgan fingerprint density at radius 3 is 1.81 bits per heavy atom. The highest BCUT2D eigenvalue weighted by molar-refractivity contribution is 6.03. The first-order valence-electron chi connectivity index (χ1n) is 5.23. The molecule has 0 spiro atoms. The van der Waals surface area contributed by atoms with Crippen molar-refractivity contribution in [2.75, 3.05) is 14.2 Å². The molecule has 10 heteroatoms. The average molecular weight is 307 g/mol. The largest absolute Gasteiger partial charge is 0.465 e. The fraction of sp³-hybridized carbons (Fsp3) is 0.273. The third-order valence-electron chi connectivity index (χ3n) is 2.48. The van der Waals surface area contributed by atoms with E-state index in [1.165, 1.54) is 0 Å². The molecule has 114 valence electrons. The molecule has 1 aromatic carbocycles. The first-order chi connectivity index (χ1) is 9.76. The van der Waals surface area contributed by atoms with Crippen LogP contribution in [-0.2, 0) is 16.0 Å². The molecule has 0 amide bonds. The second-order valence-electron chi connectivity index (χ2n) is 3.64. The lowest BCUT2D eigenvalue weighted by molar-refractivity contribution is -0.497. The summed E-state index contributed by atoms with van der Waals surface area (Å²) >= 11 is 0. The second kappa shape index (κ2) is 6.20. The van der Waals surface area contributed by atoms with E-state index in [4.69, 9.17) is 0 Å². The summed E-state index contributed by atoms with van der Waals surface area (Å²) in [6.45, 7) is -1.42. The van der Waals surface area contributed by atoms with Crippen molar-refractivity contribution in [1.29, 1.82) is 0 Å². The van der Waals surface area contributed by atoms with Crippen LogP contribution in [-0.4, -0.2) is 31.1 Å². The molecule has 0 radical (unpaired) electrons. The number of esters is 2. The van der Waals surface area contributed by atoms with Gasteiger partial charge in [0.1, 0.15) is 11.1 Å². The zero-order valence-corrected chi connectivity index (χ0v) is 10.7. The van der Waals surface area contributed by atoms with E-state index in [1.54, 1.807) is 0 Å². The smallest absolute Gasteiger partial charge is 0.341 e. The van der Waals surface area contributed by atoms with Crippen LogP contribution in [0.5, 0.6) is 0 Å². The summed E-state index contributed by atoms with van der Waals surface area (Å²) in [6, 6.07) is 0. The zero-order valence-electron chi connectivity index (χ0n) is 10.7. The molecule has 0 aromatic heterocycles. The minimum Gasteiger partial charge on any atom is -0.465 e. The molecule has 1 rings (SSSR count). The van der Waals surface area contributed by atoms with E-state index < -0.39 is 57.5 Å². The Hall–Kier alpha value is -2.65. The monoisotopic (exact) mass is 307 g/mol. The van der Waals surface area contributed by atoms with Crippen molar-refractivity contribution in [1.82, 2.24) is 0 Å². The summed E-state index contributed by atoms with van der Waals surface area (Å²) < 4.78 is 49.8. The number of halogens is 3. The molecule has 0 atom stereocenters. The van der Waals surface area contributed by atoms with E-state index in [1.807, 2.05) is 0 Å². The number of carbonyl (C=O) groups excluding carboxylic acids is 2. The average Bonchev–Trinajstić information content (AvgIpc) is 2.45. The van der Waals surface area contributed by atoms with E-state index >= 15 is 0 Å². The first kappa shape index (κ1) is 16.4. The Morgan fingerprint density at radius 1 is 1.00 bits per heavy atom. The Kier molecular flexibility index (Phi) is 4.84. The number of nitrogens with zero attached hydrogens (tertiary/aromatic N) is 1. The Labute approximate surface area is 115 Å². The number of carbonyl (C=O) groups is 2. The van der Waals surface area contributed by atoms with Crippen molar-refractivity contribution in [3.63, 3.8) is 0 Å². The fourth-order valence-electron chi connectivity index (χ4n) is 1.56. The lowest BCUT2D eigenvalue weighted by Gasteiger charge is -2.12. The van der Waals surface area contributed by atoms with Gasteiger partial charge in [-0.3, -0.25) is 10.1 Å². The van der Waals surface area contributed by atoms with E-state index in [-0.39, 0.29) is 0 Å². The van der Waals surface area contributed by atoms with Crippen LogP contribution in [0.2, 0.25) is 0 Å². The SMILES string of the molecule is COC(=O)c1c(F)c(F)c(C[N+](=O)[O-])c(F)c1C(=O)OC. The zero-order chi connectivity index (χ0) is 16.3. The van der Waals surface area contributed by atoms with Crippen molar-refractivity contribution in [3.05, 3.63) is 44.3 Å². The Balaban J connectivity index is 3.78. The molecule has 0 unspecified atom stereocenters. The number of methoxy groups -OCH3 is 2. The summed E-state index contributed by atoms with van der Waals surface area (Å²) in [5, 5.41) is 10.4. The fourth-order valence-corrected chi connectivity index (χ4v) is 1.56. The maximum absolute atomic E-state index is 14.0. The van der Waals surface area contributed by atoms with Gasteiger partial charge in [0.05, 0.1) is 19.8 Å². The normalized spacial score (nSPS) is 10.1. The van der Waals surface area contributed by atoms with Gasteiger partial charge >= 0.3 is 11.9 Å². The first-order valence-corrected chi connectivity index (χ1v) is 5.23. The van der Waals surface area contributed by atoms with Gasteiger partial charge in [-0.05, 0) is 0 Å². The third-order valence-corrected chi connectivity index (χ3v) is 2.48. The summed E-state index contributed by atoms with van der Waals surface area (Å²) in [5.74, 6) is -8.66. The van der Waals surface area contributed by atoms with Crippen LogP contribution in [0.4, 0.5) is 13.2 Å². The van der Waals surface area contributed by atoms with E-state index in [0.29, 0.717) is 0 Å². The third kappa shape index (κ3) is 2.93. The summed E-state index contributed by atoms with van der Waals surface area (Å²) in [5.41, 5.74) is -3.89. The number of benzene rings is 1. The van der Waals surface area contributed by atoms with Crippen LogP contribution in [0, 0.1) is 27.6 Å². The van der Waals surface area contributed by atoms with Crippen LogP contribution in [0.3, 0.4) is 0 Å². The summed E-state index contributed by atoms with van der Waals surface area (Å²) in [4.78, 5) is 32.1. The lowest BCUT2D eigenvalue weighted by atomic mass is 10.0. The van der Waals surface area contributed by atoms with Crippen LogP contribution >= 0.6 is 0 Å². The number of hydrogen-bond acceptors (Lipinski definition) is 6. The van der Waals surface area contributed by atoms with Gasteiger partial charge in [-0.25, -0.2) is 22.8 Å². The van der Waals surface area contributed by atoms with Gasteiger partial charge in [0.15, 0.2) is 17.5 Å². The van der Waals surface area contributed by atoms with Gasteiger partial charge in [-0.2, -0.15) is 0 Å². The van der Waals surface area contributed by atoms with Crippen LogP contribution in [0.15, 0.2) is 0 Å². The molecule has 0 aliphatic rings. The maximum Gasteiger partial charge on any atom is 0.341 e. The van der Waals surface area contributed by atoms with Gasteiger partial charge in [0, 0.05) is 4.92 Å². The molecule has 0 aliphatic heterocycles. The van der Waals surface area contributed by atoms with Crippen LogP contribution in [0.1, 0.15) is 26.3 Å². The summed E-state index contributed by atoms with van der Waals surface area (Å²) in [6.07, 6.45) is 0. The standard InChI is InChI=1S/C11H8F3NO6/c1-20-10(16)5-6(11(17)21-2)9(14)8(13)4(7(5)12)3-15(18)19/h3H2,1-2H3. The molecule has 0 heterocycles. The van der Waals surface area contributed by atoms with Gasteiger partial charge in [-0.1, -0.05) is 0 Å². The molecule has 0 fully saturated rings. The van der Waals surface area contributed by atoms with Crippen molar-refractivity contribution >= 4 is 11.9 Å². The lowest BCUT2D eigenvalue weighted by Crippen LogP contribution is -2.21. The molecule has 0 saturated heterocycles. The molecule has 0 saturated carbocycles. The Morgan fingerprint density at radius 2 is 1.43 bits per heavy atom. The predicted molar refractivity (Wildman–Crippen MR) is 59.7 cm³/mol. The molecule has 0 bridgehead atoms. The highest BCUT2D eigenvalue weighted by Crippen LogP contribution is 2.27. The van der Waals surface area contributed by atoms with Crippen molar-refractivity contribution in [2.24, 2.45) is 0 Å². The number of hydrogen-bond donors (Lipinski definition) is 0. The molecule has 0 N–H and O–H groups in total. The number of nitro groups is 1. The van der Waals surface area contributed by atoms with E-state index in [0.717, 1.165) is 14.2 Å². The minimum absolute atomic E-state index is 0.795. The van der Waals surface area contributed by atoms with Gasteiger partial charge in [0.25, 0.3) is 0 Å². The predicted octanol–water partition coefficient (Wildman–Crippen LogP) is 1.45. The van der Waals surface area contributed by atoms with Crippen LogP contribution in [0.25, 0.3) is 0 Å². The Bertz CT molecular complexity index is 631. The quantitative estimate of drug-likeness (QED) is 0.361. The molecule has 0 aliphatic carbocycles. The molecule has 21 heavy (non-hydrogen) atoms. The minimum atomic E-state index is -1.95. The maximum atomic E-state index is 14.0. The van der Waals surface area contributed by atoms with E-state index in [2.05, 4.69) is 9.47 Å². The number of ether oxygens (including phenoxy) is 2. The number of rotatable bonds is 4. The van der Waals surface area contributed by atoms with Crippen molar-refractivity contribution in [3.8, 4) is 0 Å². The van der Waals surface area contributed by atoms with E-state index in [9.17, 15) is 32.9 Å².